The molecule has 4 N–H and O–H groups in total. The van der Waals surface area contributed by atoms with Crippen LogP contribution in [-0.2, 0) is 22.4 Å². The van der Waals surface area contributed by atoms with Crippen LogP contribution in [0.25, 0.3) is 0 Å². The molecule has 0 heterocycles. The molecule has 8 heteroatoms. The molecule has 0 aromatic carbocycles. The maximum atomic E-state index is 8.25. The van der Waals surface area contributed by atoms with Crippen LogP contribution >= 0.6 is 12.2 Å². The topological polar surface area (TPSA) is 118 Å². The Morgan fingerprint density at radius 3 is 1.44 bits per heavy atom. The second-order valence-electron chi connectivity index (χ2n) is 0.626. The van der Waals surface area contributed by atoms with E-state index < -0.39 is 5.09 Å². The van der Waals surface area contributed by atoms with E-state index in [0.29, 0.717) is 0 Å². The van der Waals surface area contributed by atoms with E-state index >= 15 is 0 Å². The van der Waals surface area contributed by atoms with E-state index in [4.69, 9.17) is 15.3 Å². The first-order valence-corrected chi connectivity index (χ1v) is 1.74. The molecule has 9 heavy (non-hydrogen) atoms. The van der Waals surface area contributed by atoms with E-state index in [9.17, 15) is 0 Å². The summed E-state index contributed by atoms with van der Waals surface area (Å²) in [6.45, 7) is 0. The van der Waals surface area contributed by atoms with Crippen LogP contribution in [-0.4, -0.2) is 10.2 Å². The standard InChI is InChI=1S/CH4N2S.Ag.NO3/c2-1(3)4;;2-1(3)4/h(H4,2,3,4);;/q;+1;-1. The second kappa shape index (κ2) is 10.6. The van der Waals surface area contributed by atoms with Crippen LogP contribution in [0.3, 0.4) is 0 Å². The van der Waals surface area contributed by atoms with Crippen LogP contribution in [0.2, 0.25) is 0 Å². The summed E-state index contributed by atoms with van der Waals surface area (Å²) >= 11 is 4.09. The summed E-state index contributed by atoms with van der Waals surface area (Å²) in [6.07, 6.45) is 0. The molecule has 0 amide bonds. The van der Waals surface area contributed by atoms with Crippen molar-refractivity contribution in [2.75, 3.05) is 0 Å². The number of rotatable bonds is 0. The SMILES string of the molecule is NC(N)=S.O=[N+]([O-])[O-].[Ag+]. The van der Waals surface area contributed by atoms with Crippen LogP contribution in [0.15, 0.2) is 0 Å². The minimum Gasteiger partial charge on any atom is -0.377 e. The average molecular weight is 246 g/mol. The number of nitrogens with zero attached hydrogens (tertiary/aromatic N) is 1. The predicted molar refractivity (Wildman–Crippen MR) is 31.3 cm³/mol. The van der Waals surface area contributed by atoms with E-state index in [1.165, 1.54) is 0 Å². The third kappa shape index (κ3) is 1770. The van der Waals surface area contributed by atoms with Crippen LogP contribution in [0.5, 0.6) is 0 Å². The molecule has 0 aliphatic carbocycles. The molecule has 0 rings (SSSR count). The molecule has 58 valence electrons. The zero-order valence-corrected chi connectivity index (χ0v) is 6.34. The molecule has 0 spiro atoms. The molecular formula is CH4AgN3O3S. The van der Waals surface area contributed by atoms with Gasteiger partial charge in [-0.2, -0.15) is 0 Å². The van der Waals surface area contributed by atoms with Crippen LogP contribution in [0, 0.1) is 15.3 Å². The molecule has 0 saturated carbocycles. The Morgan fingerprint density at radius 1 is 1.44 bits per heavy atom. The first kappa shape index (κ1) is 15.9. The van der Waals surface area contributed by atoms with Gasteiger partial charge in [-0.3, -0.25) is 0 Å². The van der Waals surface area contributed by atoms with Crippen molar-refractivity contribution in [2.24, 2.45) is 11.5 Å². The molecule has 0 fully saturated rings. The molecule has 0 aliphatic heterocycles. The summed E-state index contributed by atoms with van der Waals surface area (Å²) in [7, 11) is 0. The molecule has 0 radical (unpaired) electrons. The molecule has 0 aromatic heterocycles. The van der Waals surface area contributed by atoms with E-state index in [0.717, 1.165) is 0 Å². The maximum absolute atomic E-state index is 8.25. The Hall–Kier alpha value is -0.370. The second-order valence-corrected chi connectivity index (χ2v) is 1.10. The number of hydrogen-bond acceptors (Lipinski definition) is 4. The van der Waals surface area contributed by atoms with E-state index in [-0.39, 0.29) is 27.5 Å². The van der Waals surface area contributed by atoms with Gasteiger partial charge in [0.1, 0.15) is 0 Å². The molecule has 0 unspecified atom stereocenters. The zero-order valence-electron chi connectivity index (χ0n) is 4.04. The fraction of sp³-hybridized carbons (Fsp3) is 0. The van der Waals surface area contributed by atoms with E-state index in [2.05, 4.69) is 23.7 Å². The molecule has 6 nitrogen and oxygen atoms in total. The van der Waals surface area contributed by atoms with Gasteiger partial charge in [-0.1, -0.05) is 0 Å². The average Bonchev–Trinajstić information content (AvgIpc) is 1.25. The van der Waals surface area contributed by atoms with Crippen LogP contribution in [0.1, 0.15) is 0 Å². The molecule has 0 saturated heterocycles. The largest absolute Gasteiger partial charge is 1.00 e. The normalized spacial score (nSPS) is 5.33. The van der Waals surface area contributed by atoms with Crippen molar-refractivity contribution in [2.45, 2.75) is 0 Å². The van der Waals surface area contributed by atoms with Gasteiger partial charge < -0.3 is 26.8 Å². The maximum Gasteiger partial charge on any atom is 1.00 e. The van der Waals surface area contributed by atoms with Gasteiger partial charge in [-0.05, 0) is 12.2 Å². The van der Waals surface area contributed by atoms with Gasteiger partial charge >= 0.3 is 22.4 Å². The summed E-state index contributed by atoms with van der Waals surface area (Å²) in [5.41, 5.74) is 9.24. The minimum atomic E-state index is -1.75. The Kier molecular flexibility index (Phi) is 18.6. The third-order valence-corrected chi connectivity index (χ3v) is 0. The number of nitrogens with two attached hydrogens (primary N) is 2. The predicted octanol–water partition coefficient (Wildman–Crippen LogP) is -1.05. The van der Waals surface area contributed by atoms with Crippen molar-refractivity contribution in [3.8, 4) is 0 Å². The molecule has 0 atom stereocenters. The van der Waals surface area contributed by atoms with Crippen LogP contribution in [0.4, 0.5) is 0 Å². The first-order valence-electron chi connectivity index (χ1n) is 1.33. The summed E-state index contributed by atoms with van der Waals surface area (Å²) in [4.78, 5) is 8.25. The van der Waals surface area contributed by atoms with Gasteiger partial charge in [0.05, 0.1) is 5.09 Å². The Morgan fingerprint density at radius 2 is 1.44 bits per heavy atom. The van der Waals surface area contributed by atoms with Crippen molar-refractivity contribution in [1.82, 2.24) is 0 Å². The van der Waals surface area contributed by atoms with Crippen molar-refractivity contribution >= 4 is 17.3 Å². The van der Waals surface area contributed by atoms with Gasteiger partial charge in [-0.25, -0.2) is 0 Å². The zero-order chi connectivity index (χ0) is 7.15. The molecule has 0 aromatic rings. The van der Waals surface area contributed by atoms with Crippen LogP contribution < -0.4 is 11.5 Å². The molecular weight excluding hydrogens is 242 g/mol. The summed E-state index contributed by atoms with van der Waals surface area (Å²) < 4.78 is 0. The molecule has 0 aliphatic rings. The minimum absolute atomic E-state index is 0. The summed E-state index contributed by atoms with van der Waals surface area (Å²) in [5, 5.41) is 14.8. The summed E-state index contributed by atoms with van der Waals surface area (Å²) in [6, 6.07) is 0. The van der Waals surface area contributed by atoms with Crippen molar-refractivity contribution in [3.05, 3.63) is 15.3 Å². The van der Waals surface area contributed by atoms with Gasteiger partial charge in [0.25, 0.3) is 0 Å². The molecule has 0 bridgehead atoms. The number of thiocarbonyl (C=S) groups is 1. The van der Waals surface area contributed by atoms with Gasteiger partial charge in [0.2, 0.25) is 0 Å². The Bertz CT molecular complexity index is 77.1. The smallest absolute Gasteiger partial charge is 0.377 e. The van der Waals surface area contributed by atoms with Crippen molar-refractivity contribution < 1.29 is 27.5 Å². The first-order chi connectivity index (χ1) is 3.46. The quantitative estimate of drug-likeness (QED) is 0.243. The van der Waals surface area contributed by atoms with Gasteiger partial charge in [0, 0.05) is 0 Å². The monoisotopic (exact) mass is 245 g/mol. The van der Waals surface area contributed by atoms with Gasteiger partial charge in [-0.15, -0.1) is 0 Å². The van der Waals surface area contributed by atoms with Crippen molar-refractivity contribution in [3.63, 3.8) is 0 Å². The Labute approximate surface area is 71.8 Å². The fourth-order valence-corrected chi connectivity index (χ4v) is 0. The summed E-state index contributed by atoms with van der Waals surface area (Å²) in [5.74, 6) is 0. The number of hydrogen-bond donors (Lipinski definition) is 2. The Balaban J connectivity index is -0.0000000720. The van der Waals surface area contributed by atoms with Crippen molar-refractivity contribution in [1.29, 1.82) is 0 Å². The van der Waals surface area contributed by atoms with Gasteiger partial charge in [0.15, 0.2) is 5.11 Å². The van der Waals surface area contributed by atoms with E-state index in [1.54, 1.807) is 0 Å². The van der Waals surface area contributed by atoms with E-state index in [1.807, 2.05) is 0 Å². The third-order valence-electron chi connectivity index (χ3n) is 0. The fourth-order valence-electron chi connectivity index (χ4n) is 0.